The Morgan fingerprint density at radius 2 is 1.60 bits per heavy atom. The minimum absolute atomic E-state index is 0.120. The van der Waals surface area contributed by atoms with E-state index >= 15 is 0 Å². The molecule has 0 N–H and O–H groups in total. The Balaban J connectivity index is 2.57. The molecule has 6 heteroatoms. The summed E-state index contributed by atoms with van der Waals surface area (Å²) in [5.74, 6) is 0. The third-order valence-electron chi connectivity index (χ3n) is 2.97. The average Bonchev–Trinajstić information content (AvgIpc) is 2.42. The molecule has 102 valence electrons. The number of azide groups is 1. The van der Waals surface area contributed by atoms with Crippen molar-refractivity contribution in [2.75, 3.05) is 0 Å². The van der Waals surface area contributed by atoms with Crippen molar-refractivity contribution < 1.29 is 8.42 Å². The molecule has 0 aliphatic rings. The Morgan fingerprint density at radius 1 is 1.00 bits per heavy atom. The van der Waals surface area contributed by atoms with Crippen LogP contribution in [0.15, 0.2) is 57.4 Å². The predicted octanol–water partition coefficient (Wildman–Crippen LogP) is 4.08. The van der Waals surface area contributed by atoms with Gasteiger partial charge in [0.15, 0.2) is 0 Å². The van der Waals surface area contributed by atoms with Gasteiger partial charge in [0.05, 0.1) is 9.79 Å². The number of hydrogen-bond donors (Lipinski definition) is 0. The smallest absolute Gasteiger partial charge is 0.206 e. The van der Waals surface area contributed by atoms with Crippen LogP contribution in [0.2, 0.25) is 0 Å². The van der Waals surface area contributed by atoms with Crippen LogP contribution in [0.3, 0.4) is 0 Å². The van der Waals surface area contributed by atoms with Gasteiger partial charge in [-0.25, -0.2) is 8.42 Å². The molecule has 0 amide bonds. The molecule has 0 saturated heterocycles. The maximum absolute atomic E-state index is 12.5. The second-order valence-corrected chi connectivity index (χ2v) is 6.40. The number of rotatable bonds is 3. The fraction of sp³-hybridized carbons (Fsp3) is 0.143. The molecule has 0 aliphatic heterocycles. The summed E-state index contributed by atoms with van der Waals surface area (Å²) < 4.78 is 25.0. The van der Waals surface area contributed by atoms with Gasteiger partial charge < -0.3 is 0 Å². The van der Waals surface area contributed by atoms with Crippen molar-refractivity contribution in [1.29, 1.82) is 0 Å². The third kappa shape index (κ3) is 2.66. The van der Waals surface area contributed by atoms with Crippen molar-refractivity contribution in [1.82, 2.24) is 0 Å². The molecular weight excluding hydrogens is 274 g/mol. The van der Waals surface area contributed by atoms with E-state index in [0.29, 0.717) is 5.69 Å². The summed E-state index contributed by atoms with van der Waals surface area (Å²) in [6.07, 6.45) is 0. The number of hydrogen-bond acceptors (Lipinski definition) is 3. The van der Waals surface area contributed by atoms with E-state index in [-0.39, 0.29) is 9.79 Å². The van der Waals surface area contributed by atoms with Gasteiger partial charge in [0, 0.05) is 10.6 Å². The molecule has 2 rings (SSSR count). The lowest BCUT2D eigenvalue weighted by atomic mass is 10.2. The zero-order valence-corrected chi connectivity index (χ0v) is 11.9. The molecular formula is C14H13N3O2S. The van der Waals surface area contributed by atoms with Crippen molar-refractivity contribution in [3.63, 3.8) is 0 Å². The molecule has 5 nitrogen and oxygen atoms in total. The molecule has 2 aromatic carbocycles. The maximum atomic E-state index is 12.5. The van der Waals surface area contributed by atoms with Crippen molar-refractivity contribution in [3.8, 4) is 0 Å². The van der Waals surface area contributed by atoms with Crippen LogP contribution in [0, 0.1) is 13.8 Å². The summed E-state index contributed by atoms with van der Waals surface area (Å²) in [6, 6.07) is 11.2. The normalized spacial score (nSPS) is 10.9. The summed E-state index contributed by atoms with van der Waals surface area (Å²) in [5, 5.41) is 3.50. The Kier molecular flexibility index (Phi) is 3.79. The van der Waals surface area contributed by atoms with Gasteiger partial charge in [0.1, 0.15) is 0 Å². The minimum atomic E-state index is -3.60. The first-order valence-corrected chi connectivity index (χ1v) is 7.41. The summed E-state index contributed by atoms with van der Waals surface area (Å²) >= 11 is 0. The van der Waals surface area contributed by atoms with Crippen LogP contribution in [0.1, 0.15) is 11.1 Å². The first-order valence-electron chi connectivity index (χ1n) is 5.92. The summed E-state index contributed by atoms with van der Waals surface area (Å²) in [7, 11) is -3.60. The van der Waals surface area contributed by atoms with Crippen LogP contribution in [0.25, 0.3) is 10.4 Å². The van der Waals surface area contributed by atoms with Crippen molar-refractivity contribution >= 4 is 15.5 Å². The van der Waals surface area contributed by atoms with Crippen molar-refractivity contribution in [2.24, 2.45) is 5.11 Å². The number of aryl methyl sites for hydroxylation is 2. The zero-order chi connectivity index (χ0) is 14.8. The Morgan fingerprint density at radius 3 is 2.20 bits per heavy atom. The topological polar surface area (TPSA) is 82.9 Å². The van der Waals surface area contributed by atoms with Crippen LogP contribution in [0.4, 0.5) is 5.69 Å². The van der Waals surface area contributed by atoms with Crippen molar-refractivity contribution in [2.45, 2.75) is 23.6 Å². The van der Waals surface area contributed by atoms with E-state index in [9.17, 15) is 8.42 Å². The lowest BCUT2D eigenvalue weighted by molar-refractivity contribution is 0.596. The van der Waals surface area contributed by atoms with Gasteiger partial charge in [-0.15, -0.1) is 0 Å². The predicted molar refractivity (Wildman–Crippen MR) is 76.6 cm³/mol. The molecule has 0 heterocycles. The van der Waals surface area contributed by atoms with Crippen LogP contribution >= 0.6 is 0 Å². The average molecular weight is 287 g/mol. The third-order valence-corrected chi connectivity index (χ3v) is 4.74. The van der Waals surface area contributed by atoms with Crippen LogP contribution in [-0.4, -0.2) is 8.42 Å². The van der Waals surface area contributed by atoms with E-state index in [0.717, 1.165) is 11.1 Å². The molecule has 0 radical (unpaired) electrons. The number of benzene rings is 2. The van der Waals surface area contributed by atoms with E-state index in [1.807, 2.05) is 6.92 Å². The largest absolute Gasteiger partial charge is 0.219 e. The van der Waals surface area contributed by atoms with E-state index in [2.05, 4.69) is 10.0 Å². The lowest BCUT2D eigenvalue weighted by Gasteiger charge is -2.07. The number of nitrogens with zero attached hydrogens (tertiary/aromatic N) is 3. The highest BCUT2D eigenvalue weighted by Gasteiger charge is 2.18. The fourth-order valence-electron chi connectivity index (χ4n) is 1.77. The monoisotopic (exact) mass is 287 g/mol. The molecule has 0 saturated carbocycles. The van der Waals surface area contributed by atoms with Crippen LogP contribution in [-0.2, 0) is 9.84 Å². The second kappa shape index (κ2) is 5.36. The summed E-state index contributed by atoms with van der Waals surface area (Å²) in [6.45, 7) is 3.65. The zero-order valence-electron chi connectivity index (χ0n) is 11.1. The SMILES string of the molecule is Cc1ccc(S(=O)(=O)c2ccc(C)c(N=[N+]=[N-])c2)cc1. The molecule has 0 aliphatic carbocycles. The van der Waals surface area contributed by atoms with E-state index in [1.165, 1.54) is 12.1 Å². The lowest BCUT2D eigenvalue weighted by Crippen LogP contribution is -2.02. The van der Waals surface area contributed by atoms with Crippen LogP contribution < -0.4 is 0 Å². The van der Waals surface area contributed by atoms with Gasteiger partial charge in [-0.2, -0.15) is 0 Å². The fourth-order valence-corrected chi connectivity index (χ4v) is 3.05. The molecule has 20 heavy (non-hydrogen) atoms. The highest BCUT2D eigenvalue weighted by Crippen LogP contribution is 2.27. The minimum Gasteiger partial charge on any atom is -0.219 e. The molecule has 0 atom stereocenters. The van der Waals surface area contributed by atoms with Crippen molar-refractivity contribution in [3.05, 3.63) is 64.0 Å². The Hall–Kier alpha value is -2.30. The quantitative estimate of drug-likeness (QED) is 0.484. The first kappa shape index (κ1) is 14.1. The summed E-state index contributed by atoms with van der Waals surface area (Å²) in [5.41, 5.74) is 10.5. The highest BCUT2D eigenvalue weighted by atomic mass is 32.2. The first-order chi connectivity index (χ1) is 9.45. The van der Waals surface area contributed by atoms with E-state index in [1.54, 1.807) is 37.3 Å². The van der Waals surface area contributed by atoms with Gasteiger partial charge in [0.2, 0.25) is 9.84 Å². The maximum Gasteiger partial charge on any atom is 0.206 e. The van der Waals surface area contributed by atoms with Gasteiger partial charge in [-0.3, -0.25) is 0 Å². The standard InChI is InChI=1S/C14H13N3O2S/c1-10-3-6-12(7-4-10)20(18,19)13-8-5-11(2)14(9-13)16-17-15/h3-9H,1-2H3. The number of sulfone groups is 1. The second-order valence-electron chi connectivity index (χ2n) is 4.45. The van der Waals surface area contributed by atoms with Gasteiger partial charge in [0.25, 0.3) is 0 Å². The van der Waals surface area contributed by atoms with E-state index < -0.39 is 9.84 Å². The van der Waals surface area contributed by atoms with Gasteiger partial charge in [-0.1, -0.05) is 28.9 Å². The Labute approximate surface area is 117 Å². The molecule has 0 aromatic heterocycles. The Bertz CT molecular complexity index is 790. The molecule has 0 bridgehead atoms. The molecule has 2 aromatic rings. The molecule has 0 unspecified atom stereocenters. The van der Waals surface area contributed by atoms with Crippen LogP contribution in [0.5, 0.6) is 0 Å². The molecule has 0 fully saturated rings. The van der Waals surface area contributed by atoms with Gasteiger partial charge in [-0.05, 0) is 49.2 Å². The van der Waals surface area contributed by atoms with E-state index in [4.69, 9.17) is 5.53 Å². The molecule has 0 spiro atoms. The summed E-state index contributed by atoms with van der Waals surface area (Å²) in [4.78, 5) is 3.05. The van der Waals surface area contributed by atoms with Gasteiger partial charge >= 0.3 is 0 Å². The highest BCUT2D eigenvalue weighted by molar-refractivity contribution is 7.91.